The van der Waals surface area contributed by atoms with Crippen LogP contribution >= 0.6 is 0 Å². The summed E-state index contributed by atoms with van der Waals surface area (Å²) in [5, 5.41) is 5.71. The molecule has 3 aromatic heterocycles. The van der Waals surface area contributed by atoms with Gasteiger partial charge in [0.05, 0.1) is 0 Å². The zero-order valence-electron chi connectivity index (χ0n) is 15.8. The summed E-state index contributed by atoms with van der Waals surface area (Å²) in [7, 11) is 0. The molecule has 2 N–H and O–H groups in total. The van der Waals surface area contributed by atoms with Crippen LogP contribution < -0.4 is 10.6 Å². The standard InChI is InChI=1S/C22H19N5O2/c1-15-7-10-27-14-19(26-20(27)11-15)22(29)24-13-16-3-2-4-18(12-16)25-21(28)17-5-8-23-9-6-17/h2-12,14H,13H2,1H3,(H,24,29)(H,25,28). The predicted octanol–water partition coefficient (Wildman–Crippen LogP) is 3.22. The van der Waals surface area contributed by atoms with Gasteiger partial charge in [-0.05, 0) is 54.4 Å². The van der Waals surface area contributed by atoms with E-state index in [1.165, 1.54) is 0 Å². The fourth-order valence-electron chi connectivity index (χ4n) is 2.93. The van der Waals surface area contributed by atoms with Crippen LogP contribution in [0.4, 0.5) is 5.69 Å². The maximum Gasteiger partial charge on any atom is 0.271 e. The van der Waals surface area contributed by atoms with Crippen molar-refractivity contribution in [3.63, 3.8) is 0 Å². The number of aromatic nitrogens is 3. The summed E-state index contributed by atoms with van der Waals surface area (Å²) in [5.74, 6) is -0.467. The van der Waals surface area contributed by atoms with Gasteiger partial charge in [0.2, 0.25) is 0 Å². The molecule has 4 aromatic rings. The van der Waals surface area contributed by atoms with Gasteiger partial charge in [-0.3, -0.25) is 14.6 Å². The Kier molecular flexibility index (Phi) is 5.03. The number of hydrogen-bond acceptors (Lipinski definition) is 4. The molecular weight excluding hydrogens is 366 g/mol. The average molecular weight is 385 g/mol. The molecule has 0 bridgehead atoms. The van der Waals surface area contributed by atoms with Crippen molar-refractivity contribution in [1.82, 2.24) is 19.7 Å². The number of benzene rings is 1. The molecule has 0 fully saturated rings. The Morgan fingerprint density at radius 1 is 1.03 bits per heavy atom. The first-order valence-electron chi connectivity index (χ1n) is 9.12. The summed E-state index contributed by atoms with van der Waals surface area (Å²) in [4.78, 5) is 33.0. The summed E-state index contributed by atoms with van der Waals surface area (Å²) in [6.45, 7) is 2.31. The molecule has 0 unspecified atom stereocenters. The molecule has 0 spiro atoms. The van der Waals surface area contributed by atoms with Gasteiger partial charge in [-0.2, -0.15) is 0 Å². The molecular formula is C22H19N5O2. The number of carbonyl (C=O) groups is 2. The number of fused-ring (bicyclic) bond motifs is 1. The normalized spacial score (nSPS) is 10.7. The molecule has 144 valence electrons. The van der Waals surface area contributed by atoms with Gasteiger partial charge in [0.25, 0.3) is 11.8 Å². The SMILES string of the molecule is Cc1ccn2cc(C(=O)NCc3cccc(NC(=O)c4ccncc4)c3)nc2c1. The Bertz CT molecular complexity index is 1180. The fourth-order valence-corrected chi connectivity index (χ4v) is 2.93. The molecule has 0 saturated carbocycles. The molecule has 7 nitrogen and oxygen atoms in total. The number of anilines is 1. The molecule has 0 saturated heterocycles. The van der Waals surface area contributed by atoms with Crippen LogP contribution in [0.2, 0.25) is 0 Å². The number of rotatable bonds is 5. The molecule has 0 atom stereocenters. The van der Waals surface area contributed by atoms with Crippen molar-refractivity contribution in [3.8, 4) is 0 Å². The van der Waals surface area contributed by atoms with Crippen molar-refractivity contribution in [1.29, 1.82) is 0 Å². The third kappa shape index (κ3) is 4.30. The van der Waals surface area contributed by atoms with Crippen LogP contribution in [-0.2, 0) is 6.54 Å². The van der Waals surface area contributed by atoms with E-state index in [4.69, 9.17) is 0 Å². The van der Waals surface area contributed by atoms with Gasteiger partial charge in [-0.25, -0.2) is 4.98 Å². The van der Waals surface area contributed by atoms with Gasteiger partial charge < -0.3 is 15.0 Å². The summed E-state index contributed by atoms with van der Waals surface area (Å²) in [5.41, 5.74) is 4.22. The molecule has 29 heavy (non-hydrogen) atoms. The zero-order chi connectivity index (χ0) is 20.2. The maximum atomic E-state index is 12.5. The van der Waals surface area contributed by atoms with E-state index < -0.39 is 0 Å². The van der Waals surface area contributed by atoms with Gasteiger partial charge in [-0.1, -0.05) is 12.1 Å². The second kappa shape index (κ2) is 7.93. The van der Waals surface area contributed by atoms with Crippen LogP contribution in [0.1, 0.15) is 32.0 Å². The lowest BCUT2D eigenvalue weighted by molar-refractivity contribution is 0.0945. The topological polar surface area (TPSA) is 88.4 Å². The summed E-state index contributed by atoms with van der Waals surface area (Å²) >= 11 is 0. The number of nitrogens with one attached hydrogen (secondary N) is 2. The highest BCUT2D eigenvalue weighted by Gasteiger charge is 2.11. The Balaban J connectivity index is 1.41. The van der Waals surface area contributed by atoms with Gasteiger partial charge in [0.1, 0.15) is 11.3 Å². The summed E-state index contributed by atoms with van der Waals surface area (Å²) in [6.07, 6.45) is 6.72. The number of carbonyl (C=O) groups excluding carboxylic acids is 2. The van der Waals surface area contributed by atoms with Crippen molar-refractivity contribution in [3.05, 3.63) is 95.7 Å². The minimum absolute atomic E-state index is 0.214. The van der Waals surface area contributed by atoms with Crippen LogP contribution in [0.15, 0.2) is 73.3 Å². The second-order valence-electron chi connectivity index (χ2n) is 6.67. The highest BCUT2D eigenvalue weighted by atomic mass is 16.2. The molecule has 7 heteroatoms. The largest absolute Gasteiger partial charge is 0.347 e. The van der Waals surface area contributed by atoms with Gasteiger partial charge >= 0.3 is 0 Å². The van der Waals surface area contributed by atoms with E-state index in [9.17, 15) is 9.59 Å². The monoisotopic (exact) mass is 385 g/mol. The molecule has 0 aliphatic carbocycles. The van der Waals surface area contributed by atoms with Crippen molar-refractivity contribution >= 4 is 23.1 Å². The number of aryl methyl sites for hydroxylation is 1. The van der Waals surface area contributed by atoms with Crippen molar-refractivity contribution in [2.24, 2.45) is 0 Å². The molecule has 2 amide bonds. The van der Waals surface area contributed by atoms with E-state index in [2.05, 4.69) is 20.6 Å². The van der Waals surface area contributed by atoms with Gasteiger partial charge in [-0.15, -0.1) is 0 Å². The number of nitrogens with zero attached hydrogens (tertiary/aromatic N) is 3. The van der Waals surface area contributed by atoms with Gasteiger partial charge in [0.15, 0.2) is 0 Å². The highest BCUT2D eigenvalue weighted by molar-refractivity contribution is 6.04. The van der Waals surface area contributed by atoms with Crippen LogP contribution in [0.5, 0.6) is 0 Å². The first-order chi connectivity index (χ1) is 14.1. The lowest BCUT2D eigenvalue weighted by Gasteiger charge is -2.08. The van der Waals surface area contributed by atoms with Crippen molar-refractivity contribution in [2.75, 3.05) is 5.32 Å². The van der Waals surface area contributed by atoms with E-state index in [0.29, 0.717) is 23.5 Å². The molecule has 3 heterocycles. The van der Waals surface area contributed by atoms with E-state index in [0.717, 1.165) is 16.8 Å². The fraction of sp³-hybridized carbons (Fsp3) is 0.0909. The summed E-state index contributed by atoms with van der Waals surface area (Å²) in [6, 6.07) is 14.5. The first kappa shape index (κ1) is 18.4. The van der Waals surface area contributed by atoms with E-state index in [1.54, 1.807) is 36.8 Å². The Labute approximate surface area is 167 Å². The smallest absolute Gasteiger partial charge is 0.271 e. The first-order valence-corrected chi connectivity index (χ1v) is 9.12. The van der Waals surface area contributed by atoms with E-state index in [-0.39, 0.29) is 11.8 Å². The molecule has 4 rings (SSSR count). The molecule has 0 radical (unpaired) electrons. The molecule has 1 aromatic carbocycles. The molecule has 0 aliphatic heterocycles. The number of pyridine rings is 2. The third-order valence-corrected chi connectivity index (χ3v) is 4.43. The second-order valence-corrected chi connectivity index (χ2v) is 6.67. The van der Waals surface area contributed by atoms with Crippen LogP contribution in [0, 0.1) is 6.92 Å². The minimum atomic E-state index is -0.252. The highest BCUT2D eigenvalue weighted by Crippen LogP contribution is 2.13. The summed E-state index contributed by atoms with van der Waals surface area (Å²) < 4.78 is 1.82. The molecule has 0 aliphatic rings. The van der Waals surface area contributed by atoms with Crippen LogP contribution in [0.25, 0.3) is 5.65 Å². The minimum Gasteiger partial charge on any atom is -0.347 e. The van der Waals surface area contributed by atoms with E-state index >= 15 is 0 Å². The average Bonchev–Trinajstić information content (AvgIpc) is 3.16. The third-order valence-electron chi connectivity index (χ3n) is 4.43. The van der Waals surface area contributed by atoms with Crippen LogP contribution in [0.3, 0.4) is 0 Å². The maximum absolute atomic E-state index is 12.5. The lowest BCUT2D eigenvalue weighted by Crippen LogP contribution is -2.23. The number of amides is 2. The Hall–Kier alpha value is -4.00. The van der Waals surface area contributed by atoms with Crippen molar-refractivity contribution < 1.29 is 9.59 Å². The van der Waals surface area contributed by atoms with E-state index in [1.807, 2.05) is 47.9 Å². The number of hydrogen-bond donors (Lipinski definition) is 2. The van der Waals surface area contributed by atoms with Crippen molar-refractivity contribution in [2.45, 2.75) is 13.5 Å². The Morgan fingerprint density at radius 3 is 2.69 bits per heavy atom. The Morgan fingerprint density at radius 2 is 1.86 bits per heavy atom. The number of imidazole rings is 1. The quantitative estimate of drug-likeness (QED) is 0.552. The lowest BCUT2D eigenvalue weighted by atomic mass is 10.2. The zero-order valence-corrected chi connectivity index (χ0v) is 15.8. The van der Waals surface area contributed by atoms with Crippen LogP contribution in [-0.4, -0.2) is 26.2 Å². The predicted molar refractivity (Wildman–Crippen MR) is 110 cm³/mol. The van der Waals surface area contributed by atoms with Gasteiger partial charge in [0, 0.05) is 42.6 Å².